The van der Waals surface area contributed by atoms with Gasteiger partial charge in [0.05, 0.1) is 6.10 Å². The second kappa shape index (κ2) is 5.58. The van der Waals surface area contributed by atoms with Gasteiger partial charge < -0.3 is 15.4 Å². The minimum Gasteiger partial charge on any atom is -0.377 e. The van der Waals surface area contributed by atoms with Gasteiger partial charge in [-0.25, -0.2) is 0 Å². The van der Waals surface area contributed by atoms with Crippen molar-refractivity contribution in [2.45, 2.75) is 71.6 Å². The maximum Gasteiger partial charge on any atom is 0.0690 e. The molecule has 4 atom stereocenters. The van der Waals surface area contributed by atoms with E-state index in [9.17, 15) is 0 Å². The number of fused-ring (bicyclic) bond motifs is 1. The van der Waals surface area contributed by atoms with Crippen molar-refractivity contribution in [2.75, 3.05) is 20.2 Å². The fraction of sp³-hybridized carbons (Fsp3) is 1.00. The lowest BCUT2D eigenvalue weighted by molar-refractivity contribution is -0.232. The standard InChI is InChI=1S/C17H34N2O/c1-12(2)10-13(3)19(6)11-17(18)14-8-7-9-20-15(14)16(17,4)5/h12-15H,7-11,18H2,1-6H3. The molecule has 1 saturated carbocycles. The van der Waals surface area contributed by atoms with Crippen molar-refractivity contribution in [2.24, 2.45) is 23.0 Å². The molecule has 1 aliphatic heterocycles. The summed E-state index contributed by atoms with van der Waals surface area (Å²) in [7, 11) is 2.23. The van der Waals surface area contributed by atoms with Crippen molar-refractivity contribution < 1.29 is 4.74 Å². The molecule has 4 unspecified atom stereocenters. The van der Waals surface area contributed by atoms with Crippen molar-refractivity contribution in [1.29, 1.82) is 0 Å². The normalized spacial score (nSPS) is 37.6. The second-order valence-electron chi connectivity index (χ2n) is 8.20. The third-order valence-electron chi connectivity index (χ3n) is 5.97. The molecule has 0 aromatic heterocycles. The quantitative estimate of drug-likeness (QED) is 0.842. The minimum atomic E-state index is -0.0991. The molecular weight excluding hydrogens is 248 g/mol. The predicted octanol–water partition coefficient (Wildman–Crippen LogP) is 2.89. The first-order chi connectivity index (χ1) is 9.20. The van der Waals surface area contributed by atoms with Crippen molar-refractivity contribution in [1.82, 2.24) is 4.90 Å². The average molecular weight is 282 g/mol. The van der Waals surface area contributed by atoms with Crippen LogP contribution < -0.4 is 5.73 Å². The summed E-state index contributed by atoms with van der Waals surface area (Å²) in [6, 6.07) is 0.592. The largest absolute Gasteiger partial charge is 0.377 e. The number of hydrogen-bond donors (Lipinski definition) is 1. The van der Waals surface area contributed by atoms with Crippen LogP contribution in [0.5, 0.6) is 0 Å². The lowest BCUT2D eigenvalue weighted by Gasteiger charge is -2.67. The van der Waals surface area contributed by atoms with Crippen molar-refractivity contribution in [3.63, 3.8) is 0 Å². The zero-order valence-corrected chi connectivity index (χ0v) is 14.3. The lowest BCUT2D eigenvalue weighted by atomic mass is 9.46. The maximum atomic E-state index is 6.88. The van der Waals surface area contributed by atoms with E-state index in [4.69, 9.17) is 10.5 Å². The molecule has 0 aromatic carbocycles. The summed E-state index contributed by atoms with van der Waals surface area (Å²) >= 11 is 0. The van der Waals surface area contributed by atoms with Crippen molar-refractivity contribution in [3.8, 4) is 0 Å². The smallest absolute Gasteiger partial charge is 0.0690 e. The van der Waals surface area contributed by atoms with E-state index in [0.717, 1.165) is 19.1 Å². The van der Waals surface area contributed by atoms with Gasteiger partial charge in [0.15, 0.2) is 0 Å². The molecule has 3 heteroatoms. The molecule has 0 bridgehead atoms. The highest BCUT2D eigenvalue weighted by atomic mass is 16.5. The molecule has 0 aromatic rings. The van der Waals surface area contributed by atoms with Crippen LogP contribution in [-0.4, -0.2) is 42.8 Å². The third kappa shape index (κ3) is 2.53. The Labute approximate surface area is 125 Å². The molecule has 0 amide bonds. The van der Waals surface area contributed by atoms with Gasteiger partial charge in [-0.1, -0.05) is 27.7 Å². The van der Waals surface area contributed by atoms with Crippen molar-refractivity contribution >= 4 is 0 Å². The molecule has 0 spiro atoms. The highest BCUT2D eigenvalue weighted by Gasteiger charge is 2.66. The summed E-state index contributed by atoms with van der Waals surface area (Å²) in [5, 5.41) is 0. The van der Waals surface area contributed by atoms with Gasteiger partial charge in [0, 0.05) is 36.1 Å². The summed E-state index contributed by atoms with van der Waals surface area (Å²) in [5.74, 6) is 1.28. The number of ether oxygens (including phenoxy) is 1. The highest BCUT2D eigenvalue weighted by molar-refractivity contribution is 5.20. The Kier molecular flexibility index (Phi) is 4.54. The fourth-order valence-corrected chi connectivity index (χ4v) is 4.42. The van der Waals surface area contributed by atoms with E-state index in [1.165, 1.54) is 19.3 Å². The van der Waals surface area contributed by atoms with E-state index in [-0.39, 0.29) is 11.0 Å². The molecule has 20 heavy (non-hydrogen) atoms. The molecule has 2 fully saturated rings. The number of likely N-dealkylation sites (N-methyl/N-ethyl adjacent to an activating group) is 1. The van der Waals surface area contributed by atoms with Crippen LogP contribution in [0.3, 0.4) is 0 Å². The van der Waals surface area contributed by atoms with Crippen LogP contribution >= 0.6 is 0 Å². The molecule has 118 valence electrons. The third-order valence-corrected chi connectivity index (χ3v) is 5.97. The van der Waals surface area contributed by atoms with Crippen LogP contribution in [0, 0.1) is 17.3 Å². The molecule has 0 radical (unpaired) electrons. The summed E-state index contributed by atoms with van der Waals surface area (Å²) in [5.41, 5.74) is 6.87. The minimum absolute atomic E-state index is 0.0872. The Hall–Kier alpha value is -0.120. The Morgan fingerprint density at radius 3 is 2.55 bits per heavy atom. The zero-order chi connectivity index (χ0) is 15.1. The number of hydrogen-bond acceptors (Lipinski definition) is 3. The Morgan fingerprint density at radius 1 is 1.30 bits per heavy atom. The topological polar surface area (TPSA) is 38.5 Å². The number of rotatable bonds is 5. The lowest BCUT2D eigenvalue weighted by Crippen LogP contribution is -2.80. The van der Waals surface area contributed by atoms with Crippen LogP contribution in [0.1, 0.15) is 53.9 Å². The average Bonchev–Trinajstić information content (AvgIpc) is 2.37. The van der Waals surface area contributed by atoms with Crippen LogP contribution in [0.15, 0.2) is 0 Å². The van der Waals surface area contributed by atoms with E-state index in [2.05, 4.69) is 46.6 Å². The summed E-state index contributed by atoms with van der Waals surface area (Å²) in [6.45, 7) is 13.4. The number of nitrogens with two attached hydrogens (primary N) is 1. The Bertz CT molecular complexity index is 342. The van der Waals surface area contributed by atoms with E-state index < -0.39 is 0 Å². The Balaban J connectivity index is 2.03. The SMILES string of the molecule is CC(C)CC(C)N(C)CC1(N)C2CCCOC2C1(C)C. The molecule has 1 aliphatic carbocycles. The van der Waals surface area contributed by atoms with Gasteiger partial charge in [0.2, 0.25) is 0 Å². The maximum absolute atomic E-state index is 6.88. The molecule has 1 heterocycles. The molecule has 2 rings (SSSR count). The van der Waals surface area contributed by atoms with Gasteiger partial charge in [-0.2, -0.15) is 0 Å². The van der Waals surface area contributed by atoms with Gasteiger partial charge in [-0.05, 0) is 39.2 Å². The molecule has 2 N–H and O–H groups in total. The van der Waals surface area contributed by atoms with Crippen LogP contribution in [0.4, 0.5) is 0 Å². The first kappa shape index (κ1) is 16.3. The van der Waals surface area contributed by atoms with Gasteiger partial charge in [-0.15, -0.1) is 0 Å². The van der Waals surface area contributed by atoms with E-state index >= 15 is 0 Å². The predicted molar refractivity (Wildman–Crippen MR) is 84.7 cm³/mol. The molecular formula is C17H34N2O. The van der Waals surface area contributed by atoms with Crippen LogP contribution in [0.25, 0.3) is 0 Å². The highest BCUT2D eigenvalue weighted by Crippen LogP contribution is 2.57. The molecule has 2 aliphatic rings. The van der Waals surface area contributed by atoms with E-state index in [1.807, 2.05) is 0 Å². The van der Waals surface area contributed by atoms with E-state index in [0.29, 0.717) is 18.1 Å². The van der Waals surface area contributed by atoms with E-state index in [1.54, 1.807) is 0 Å². The van der Waals surface area contributed by atoms with Crippen LogP contribution in [0.2, 0.25) is 0 Å². The van der Waals surface area contributed by atoms with Gasteiger partial charge in [0.1, 0.15) is 0 Å². The first-order valence-electron chi connectivity index (χ1n) is 8.31. The molecule has 1 saturated heterocycles. The van der Waals surface area contributed by atoms with Gasteiger partial charge >= 0.3 is 0 Å². The summed E-state index contributed by atoms with van der Waals surface area (Å²) < 4.78 is 6.00. The summed E-state index contributed by atoms with van der Waals surface area (Å²) in [6.07, 6.45) is 4.01. The van der Waals surface area contributed by atoms with Gasteiger partial charge in [-0.3, -0.25) is 0 Å². The van der Waals surface area contributed by atoms with Crippen molar-refractivity contribution in [3.05, 3.63) is 0 Å². The Morgan fingerprint density at radius 2 is 1.95 bits per heavy atom. The number of nitrogens with zero attached hydrogens (tertiary/aromatic N) is 1. The summed E-state index contributed by atoms with van der Waals surface area (Å²) in [4.78, 5) is 2.46. The second-order valence-corrected chi connectivity index (χ2v) is 8.20. The zero-order valence-electron chi connectivity index (χ0n) is 14.3. The monoisotopic (exact) mass is 282 g/mol. The first-order valence-corrected chi connectivity index (χ1v) is 8.31. The fourth-order valence-electron chi connectivity index (χ4n) is 4.42. The van der Waals surface area contributed by atoms with Gasteiger partial charge in [0.25, 0.3) is 0 Å². The molecule has 3 nitrogen and oxygen atoms in total. The van der Waals surface area contributed by atoms with Crippen LogP contribution in [-0.2, 0) is 4.74 Å².